The monoisotopic (exact) mass is 425 g/mol. The second-order valence-corrected chi connectivity index (χ2v) is 8.31. The lowest BCUT2D eigenvalue weighted by Gasteiger charge is -2.15. The van der Waals surface area contributed by atoms with Crippen molar-refractivity contribution in [1.29, 1.82) is 0 Å². The van der Waals surface area contributed by atoms with Gasteiger partial charge in [-0.2, -0.15) is 0 Å². The van der Waals surface area contributed by atoms with Crippen LogP contribution in [0.2, 0.25) is 0 Å². The molecule has 0 spiro atoms. The molecule has 4 rings (SSSR count). The molecule has 1 saturated heterocycles. The molecule has 2 aromatic rings. The molecule has 0 bridgehead atoms. The molecule has 0 aliphatic carbocycles. The van der Waals surface area contributed by atoms with E-state index in [-0.39, 0.29) is 24.1 Å². The van der Waals surface area contributed by atoms with Crippen LogP contribution in [-0.2, 0) is 16.0 Å². The van der Waals surface area contributed by atoms with Gasteiger partial charge >= 0.3 is 5.97 Å². The largest absolute Gasteiger partial charge is 0.493 e. The molecule has 1 amide bonds. The van der Waals surface area contributed by atoms with Crippen molar-refractivity contribution in [3.05, 3.63) is 59.2 Å². The van der Waals surface area contributed by atoms with Crippen molar-refractivity contribution < 1.29 is 23.9 Å². The number of benzene rings is 2. The van der Waals surface area contributed by atoms with E-state index in [9.17, 15) is 14.4 Å². The van der Waals surface area contributed by atoms with E-state index in [1.165, 1.54) is 11.8 Å². The Labute approximate surface area is 179 Å². The Hall–Kier alpha value is -2.80. The number of fused-ring (bicyclic) bond motifs is 1. The number of esters is 1. The van der Waals surface area contributed by atoms with Gasteiger partial charge in [0.1, 0.15) is 5.75 Å². The molecular weight excluding hydrogens is 402 g/mol. The fraction of sp³-hybridized carbons (Fsp3) is 0.348. The lowest BCUT2D eigenvalue weighted by atomic mass is 10.1. The van der Waals surface area contributed by atoms with Crippen LogP contribution in [0.5, 0.6) is 5.75 Å². The van der Waals surface area contributed by atoms with Gasteiger partial charge in [-0.3, -0.25) is 9.59 Å². The summed E-state index contributed by atoms with van der Waals surface area (Å²) in [7, 11) is 0. The third kappa shape index (κ3) is 4.67. The molecule has 6 nitrogen and oxygen atoms in total. The highest BCUT2D eigenvalue weighted by atomic mass is 32.2. The molecule has 2 heterocycles. The first-order chi connectivity index (χ1) is 14.6. The quantitative estimate of drug-likeness (QED) is 0.385. The molecule has 7 heteroatoms. The minimum absolute atomic E-state index is 0.0800. The van der Waals surface area contributed by atoms with Crippen molar-refractivity contribution in [3.63, 3.8) is 0 Å². The first kappa shape index (κ1) is 20.5. The van der Waals surface area contributed by atoms with Crippen LogP contribution in [0.25, 0.3) is 0 Å². The number of thioether (sulfide) groups is 1. The molecular formula is C23H23NO5S. The van der Waals surface area contributed by atoms with Crippen LogP contribution < -0.4 is 4.74 Å². The van der Waals surface area contributed by atoms with Gasteiger partial charge in [-0.1, -0.05) is 12.1 Å². The summed E-state index contributed by atoms with van der Waals surface area (Å²) in [5, 5.41) is 0. The highest BCUT2D eigenvalue weighted by Gasteiger charge is 2.21. The summed E-state index contributed by atoms with van der Waals surface area (Å²) in [5.41, 5.74) is 1.87. The van der Waals surface area contributed by atoms with E-state index in [0.717, 1.165) is 43.7 Å². The van der Waals surface area contributed by atoms with Gasteiger partial charge in [0, 0.05) is 30.0 Å². The van der Waals surface area contributed by atoms with Crippen molar-refractivity contribution in [2.45, 2.75) is 24.2 Å². The van der Waals surface area contributed by atoms with E-state index in [2.05, 4.69) is 0 Å². The third-order valence-corrected chi connectivity index (χ3v) is 6.32. The normalized spacial score (nSPS) is 14.9. The minimum atomic E-state index is -0.565. The van der Waals surface area contributed by atoms with E-state index >= 15 is 0 Å². The van der Waals surface area contributed by atoms with E-state index in [4.69, 9.17) is 9.47 Å². The van der Waals surface area contributed by atoms with E-state index in [1.807, 2.05) is 11.0 Å². The van der Waals surface area contributed by atoms with Crippen LogP contribution in [-0.4, -0.2) is 54.6 Å². The predicted octanol–water partition coefficient (Wildman–Crippen LogP) is 3.38. The molecule has 0 atom stereocenters. The second-order valence-electron chi connectivity index (χ2n) is 7.29. The Morgan fingerprint density at radius 3 is 2.70 bits per heavy atom. The average molecular weight is 426 g/mol. The number of likely N-dealkylation sites (tertiary alicyclic amines) is 1. The molecule has 1 fully saturated rings. The number of hydrogen-bond acceptors (Lipinski definition) is 6. The van der Waals surface area contributed by atoms with E-state index in [1.54, 1.807) is 36.4 Å². The molecule has 2 aromatic carbocycles. The van der Waals surface area contributed by atoms with Gasteiger partial charge < -0.3 is 14.4 Å². The summed E-state index contributed by atoms with van der Waals surface area (Å²) in [6, 6.07) is 12.3. The van der Waals surface area contributed by atoms with Crippen LogP contribution >= 0.6 is 11.8 Å². The maximum Gasteiger partial charge on any atom is 0.339 e. The van der Waals surface area contributed by atoms with Crippen LogP contribution in [0.4, 0.5) is 0 Å². The molecule has 0 unspecified atom stereocenters. The number of Topliss-reactive ketones (excluding diaryl/α,β-unsaturated/α-hetero) is 1. The zero-order valence-electron chi connectivity index (χ0n) is 16.6. The molecule has 0 radical (unpaired) electrons. The highest BCUT2D eigenvalue weighted by molar-refractivity contribution is 8.00. The Kier molecular flexibility index (Phi) is 6.38. The summed E-state index contributed by atoms with van der Waals surface area (Å²) in [6.07, 6.45) is 2.87. The number of ether oxygens (including phenoxy) is 2. The van der Waals surface area contributed by atoms with Crippen LogP contribution in [0.3, 0.4) is 0 Å². The van der Waals surface area contributed by atoms with Gasteiger partial charge in [0.2, 0.25) is 5.91 Å². The van der Waals surface area contributed by atoms with Gasteiger partial charge in [-0.15, -0.1) is 11.8 Å². The Bertz CT molecular complexity index is 968. The van der Waals surface area contributed by atoms with Crippen molar-refractivity contribution in [3.8, 4) is 5.75 Å². The number of nitrogens with zero attached hydrogens (tertiary/aromatic N) is 1. The van der Waals surface area contributed by atoms with E-state index in [0.29, 0.717) is 22.6 Å². The van der Waals surface area contributed by atoms with Crippen LogP contribution in [0.1, 0.15) is 39.1 Å². The maximum absolute atomic E-state index is 12.6. The molecule has 156 valence electrons. The number of amides is 1. The zero-order valence-corrected chi connectivity index (χ0v) is 17.4. The zero-order chi connectivity index (χ0) is 20.9. The first-order valence-corrected chi connectivity index (χ1v) is 11.1. The lowest BCUT2D eigenvalue weighted by molar-refractivity contribution is -0.127. The van der Waals surface area contributed by atoms with Crippen molar-refractivity contribution in [1.82, 2.24) is 4.90 Å². The molecule has 0 N–H and O–H groups in total. The van der Waals surface area contributed by atoms with Crippen molar-refractivity contribution in [2.75, 3.05) is 32.1 Å². The van der Waals surface area contributed by atoms with Gasteiger partial charge in [-0.25, -0.2) is 4.79 Å². The number of ketones is 1. The van der Waals surface area contributed by atoms with Gasteiger partial charge in [-0.05, 0) is 48.7 Å². The summed E-state index contributed by atoms with van der Waals surface area (Å²) in [5.74, 6) is 0.340. The summed E-state index contributed by atoms with van der Waals surface area (Å²) < 4.78 is 10.7. The summed E-state index contributed by atoms with van der Waals surface area (Å²) >= 11 is 1.32. The van der Waals surface area contributed by atoms with E-state index < -0.39 is 5.97 Å². The standard InChI is InChI=1S/C23H23NO5S/c25-19(16-7-8-20-17(13-16)9-12-28-20)14-29-23(27)18-5-1-2-6-21(18)30-15-22(26)24-10-3-4-11-24/h1-2,5-8,13H,3-4,9-12,14-15H2. The van der Waals surface area contributed by atoms with Gasteiger partial charge in [0.15, 0.2) is 12.4 Å². The predicted molar refractivity (Wildman–Crippen MR) is 113 cm³/mol. The molecule has 0 saturated carbocycles. The summed E-state index contributed by atoms with van der Waals surface area (Å²) in [4.78, 5) is 39.9. The van der Waals surface area contributed by atoms with Crippen LogP contribution in [0, 0.1) is 0 Å². The number of hydrogen-bond donors (Lipinski definition) is 0. The lowest BCUT2D eigenvalue weighted by Crippen LogP contribution is -2.29. The van der Waals surface area contributed by atoms with Crippen molar-refractivity contribution in [2.24, 2.45) is 0 Å². The number of rotatable bonds is 7. The maximum atomic E-state index is 12.6. The third-order valence-electron chi connectivity index (χ3n) is 5.26. The van der Waals surface area contributed by atoms with Gasteiger partial charge in [0.25, 0.3) is 0 Å². The molecule has 2 aliphatic rings. The smallest absolute Gasteiger partial charge is 0.339 e. The average Bonchev–Trinajstić information content (AvgIpc) is 3.47. The molecule has 30 heavy (non-hydrogen) atoms. The molecule has 0 aromatic heterocycles. The summed E-state index contributed by atoms with van der Waals surface area (Å²) in [6.45, 7) is 1.90. The van der Waals surface area contributed by atoms with Crippen LogP contribution in [0.15, 0.2) is 47.4 Å². The molecule has 2 aliphatic heterocycles. The highest BCUT2D eigenvalue weighted by Crippen LogP contribution is 2.27. The fourth-order valence-corrected chi connectivity index (χ4v) is 4.55. The SMILES string of the molecule is O=C(COC(=O)c1ccccc1SCC(=O)N1CCCC1)c1ccc2c(c1)CCO2. The fourth-order valence-electron chi connectivity index (χ4n) is 3.61. The second kappa shape index (κ2) is 9.34. The Balaban J connectivity index is 1.35. The Morgan fingerprint density at radius 1 is 1.07 bits per heavy atom. The Morgan fingerprint density at radius 2 is 1.87 bits per heavy atom. The topological polar surface area (TPSA) is 72.9 Å². The first-order valence-electron chi connectivity index (χ1n) is 10.1. The van der Waals surface area contributed by atoms with Crippen molar-refractivity contribution >= 4 is 29.4 Å². The number of carbonyl (C=O) groups excluding carboxylic acids is 3. The van der Waals surface area contributed by atoms with Gasteiger partial charge in [0.05, 0.1) is 17.9 Å². The number of carbonyl (C=O) groups is 3. The minimum Gasteiger partial charge on any atom is -0.493 e.